The number of carbonyl (C=O) groups excluding carboxylic acids is 1. The van der Waals surface area contributed by atoms with Crippen molar-refractivity contribution in [3.05, 3.63) is 72.1 Å². The Morgan fingerprint density at radius 1 is 1.04 bits per heavy atom. The second-order valence-corrected chi connectivity index (χ2v) is 5.21. The molecule has 0 atom stereocenters. The van der Waals surface area contributed by atoms with Crippen LogP contribution in [0.4, 0.5) is 5.69 Å². The first-order chi connectivity index (χ1) is 11.7. The predicted molar refractivity (Wildman–Crippen MR) is 93.2 cm³/mol. The molecule has 0 aliphatic rings. The van der Waals surface area contributed by atoms with Gasteiger partial charge < -0.3 is 10.1 Å². The van der Waals surface area contributed by atoms with E-state index < -0.39 is 0 Å². The van der Waals surface area contributed by atoms with Gasteiger partial charge in [-0.3, -0.25) is 4.79 Å². The highest BCUT2D eigenvalue weighted by Gasteiger charge is 2.14. The summed E-state index contributed by atoms with van der Waals surface area (Å²) < 4.78 is 5.24. The number of nitrogens with one attached hydrogen (secondary N) is 1. The molecule has 3 rings (SSSR count). The summed E-state index contributed by atoms with van der Waals surface area (Å²) in [5.74, 6) is 0.934. The van der Waals surface area contributed by atoms with Crippen molar-refractivity contribution in [3.63, 3.8) is 0 Å². The van der Waals surface area contributed by atoms with E-state index in [1.807, 2.05) is 42.5 Å². The number of nitrogens with zero attached hydrogens (tertiary/aromatic N) is 2. The van der Waals surface area contributed by atoms with Crippen molar-refractivity contribution in [1.82, 2.24) is 9.97 Å². The monoisotopic (exact) mass is 319 g/mol. The molecule has 0 saturated carbocycles. The van der Waals surface area contributed by atoms with Gasteiger partial charge in [-0.1, -0.05) is 42.5 Å². The third-order valence-corrected chi connectivity index (χ3v) is 3.61. The quantitative estimate of drug-likeness (QED) is 0.796. The van der Waals surface area contributed by atoms with E-state index in [9.17, 15) is 4.79 Å². The summed E-state index contributed by atoms with van der Waals surface area (Å²) in [6, 6.07) is 16.9. The Balaban J connectivity index is 1.86. The number of benzene rings is 2. The molecule has 1 amide bonds. The first kappa shape index (κ1) is 15.7. The maximum absolute atomic E-state index is 12.5. The fourth-order valence-electron chi connectivity index (χ4n) is 2.35. The van der Waals surface area contributed by atoms with Crippen LogP contribution in [-0.4, -0.2) is 23.0 Å². The average molecular weight is 319 g/mol. The van der Waals surface area contributed by atoms with Gasteiger partial charge in [0.25, 0.3) is 5.91 Å². The van der Waals surface area contributed by atoms with Gasteiger partial charge in [0.2, 0.25) is 0 Å². The van der Waals surface area contributed by atoms with Gasteiger partial charge in [0.15, 0.2) is 5.82 Å². The Bertz CT molecular complexity index is 863. The lowest BCUT2D eigenvalue weighted by Gasteiger charge is -2.11. The summed E-state index contributed by atoms with van der Waals surface area (Å²) in [6.45, 7) is 1.80. The molecule has 0 aliphatic carbocycles. The Kier molecular flexibility index (Phi) is 4.52. The SMILES string of the molecule is COc1ccccc1NC(=O)c1cnc(-c2ccccc2)nc1C. The van der Waals surface area contributed by atoms with Gasteiger partial charge in [-0.15, -0.1) is 0 Å². The van der Waals surface area contributed by atoms with Crippen LogP contribution in [0.3, 0.4) is 0 Å². The van der Waals surface area contributed by atoms with E-state index in [0.29, 0.717) is 28.5 Å². The Morgan fingerprint density at radius 3 is 2.46 bits per heavy atom. The van der Waals surface area contributed by atoms with Gasteiger partial charge in [-0.25, -0.2) is 9.97 Å². The molecule has 5 nitrogen and oxygen atoms in total. The molecular weight excluding hydrogens is 302 g/mol. The molecule has 0 radical (unpaired) electrons. The van der Waals surface area contributed by atoms with Gasteiger partial charge in [-0.2, -0.15) is 0 Å². The molecule has 24 heavy (non-hydrogen) atoms. The fourth-order valence-corrected chi connectivity index (χ4v) is 2.35. The number of ether oxygens (including phenoxy) is 1. The minimum absolute atomic E-state index is 0.267. The molecule has 1 heterocycles. The smallest absolute Gasteiger partial charge is 0.259 e. The van der Waals surface area contributed by atoms with Gasteiger partial charge in [-0.05, 0) is 19.1 Å². The van der Waals surface area contributed by atoms with Crippen molar-refractivity contribution in [2.24, 2.45) is 0 Å². The number of anilines is 1. The minimum Gasteiger partial charge on any atom is -0.495 e. The zero-order valence-electron chi connectivity index (χ0n) is 13.5. The van der Waals surface area contributed by atoms with Gasteiger partial charge in [0.1, 0.15) is 5.75 Å². The summed E-state index contributed by atoms with van der Waals surface area (Å²) in [6.07, 6.45) is 1.55. The van der Waals surface area contributed by atoms with Crippen molar-refractivity contribution in [1.29, 1.82) is 0 Å². The number of hydrogen-bond donors (Lipinski definition) is 1. The van der Waals surface area contributed by atoms with Crippen molar-refractivity contribution < 1.29 is 9.53 Å². The van der Waals surface area contributed by atoms with E-state index in [0.717, 1.165) is 5.56 Å². The van der Waals surface area contributed by atoms with Crippen LogP contribution >= 0.6 is 0 Å². The first-order valence-corrected chi connectivity index (χ1v) is 7.52. The second kappa shape index (κ2) is 6.91. The van der Waals surface area contributed by atoms with Crippen LogP contribution in [0.5, 0.6) is 5.75 Å². The lowest BCUT2D eigenvalue weighted by atomic mass is 10.1. The summed E-state index contributed by atoms with van der Waals surface area (Å²) in [4.78, 5) is 21.3. The number of hydrogen-bond acceptors (Lipinski definition) is 4. The molecule has 3 aromatic rings. The van der Waals surface area contributed by atoms with Crippen LogP contribution in [0.15, 0.2) is 60.8 Å². The number of aromatic nitrogens is 2. The number of rotatable bonds is 4. The van der Waals surface area contributed by atoms with Crippen LogP contribution in [-0.2, 0) is 0 Å². The van der Waals surface area contributed by atoms with Crippen LogP contribution in [0.1, 0.15) is 16.1 Å². The van der Waals surface area contributed by atoms with Crippen molar-refractivity contribution in [2.75, 3.05) is 12.4 Å². The fraction of sp³-hybridized carbons (Fsp3) is 0.105. The molecule has 0 fully saturated rings. The van der Waals surface area contributed by atoms with Crippen LogP contribution in [0.25, 0.3) is 11.4 Å². The highest BCUT2D eigenvalue weighted by Crippen LogP contribution is 2.24. The molecule has 0 saturated heterocycles. The third-order valence-electron chi connectivity index (χ3n) is 3.61. The largest absolute Gasteiger partial charge is 0.495 e. The van der Waals surface area contributed by atoms with E-state index in [1.165, 1.54) is 0 Å². The van der Waals surface area contributed by atoms with Crippen molar-refractivity contribution in [2.45, 2.75) is 6.92 Å². The summed E-state index contributed by atoms with van der Waals surface area (Å²) in [7, 11) is 1.56. The standard InChI is InChI=1S/C19H17N3O2/c1-13-15(12-20-18(21-13)14-8-4-3-5-9-14)19(23)22-16-10-6-7-11-17(16)24-2/h3-12H,1-2H3,(H,22,23). The van der Waals surface area contributed by atoms with Gasteiger partial charge >= 0.3 is 0 Å². The summed E-state index contributed by atoms with van der Waals surface area (Å²) in [5.41, 5.74) is 2.57. The van der Waals surface area contributed by atoms with E-state index >= 15 is 0 Å². The Labute approximate surface area is 140 Å². The molecular formula is C19H17N3O2. The number of methoxy groups -OCH3 is 1. The topological polar surface area (TPSA) is 64.1 Å². The molecule has 5 heteroatoms. The summed E-state index contributed by atoms with van der Waals surface area (Å²) in [5, 5.41) is 2.83. The first-order valence-electron chi connectivity index (χ1n) is 7.52. The molecule has 0 aliphatic heterocycles. The van der Waals surface area contributed by atoms with Crippen LogP contribution < -0.4 is 10.1 Å². The Hall–Kier alpha value is -3.21. The Morgan fingerprint density at radius 2 is 1.75 bits per heavy atom. The molecule has 2 aromatic carbocycles. The average Bonchev–Trinajstić information content (AvgIpc) is 2.62. The van der Waals surface area contributed by atoms with Crippen molar-refractivity contribution in [3.8, 4) is 17.1 Å². The minimum atomic E-state index is -0.267. The number of carbonyl (C=O) groups is 1. The predicted octanol–water partition coefficient (Wildman–Crippen LogP) is 3.71. The zero-order chi connectivity index (χ0) is 16.9. The number of para-hydroxylation sites is 2. The number of aryl methyl sites for hydroxylation is 1. The van der Waals surface area contributed by atoms with E-state index in [-0.39, 0.29) is 5.91 Å². The molecule has 0 bridgehead atoms. The molecule has 0 unspecified atom stereocenters. The lowest BCUT2D eigenvalue weighted by Crippen LogP contribution is -2.15. The molecule has 1 aromatic heterocycles. The maximum atomic E-state index is 12.5. The highest BCUT2D eigenvalue weighted by atomic mass is 16.5. The molecule has 120 valence electrons. The third kappa shape index (κ3) is 3.25. The second-order valence-electron chi connectivity index (χ2n) is 5.21. The van der Waals surface area contributed by atoms with E-state index in [2.05, 4.69) is 15.3 Å². The highest BCUT2D eigenvalue weighted by molar-refractivity contribution is 6.05. The van der Waals surface area contributed by atoms with Crippen LogP contribution in [0.2, 0.25) is 0 Å². The van der Waals surface area contributed by atoms with Crippen LogP contribution in [0, 0.1) is 6.92 Å². The number of amides is 1. The maximum Gasteiger partial charge on any atom is 0.259 e. The van der Waals surface area contributed by atoms with E-state index in [4.69, 9.17) is 4.74 Å². The molecule has 0 spiro atoms. The lowest BCUT2D eigenvalue weighted by molar-refractivity contribution is 0.102. The van der Waals surface area contributed by atoms with Gasteiger partial charge in [0, 0.05) is 11.8 Å². The van der Waals surface area contributed by atoms with E-state index in [1.54, 1.807) is 32.4 Å². The van der Waals surface area contributed by atoms with Crippen molar-refractivity contribution >= 4 is 11.6 Å². The normalized spacial score (nSPS) is 10.2. The molecule has 1 N–H and O–H groups in total. The summed E-state index contributed by atoms with van der Waals surface area (Å²) >= 11 is 0. The van der Waals surface area contributed by atoms with Gasteiger partial charge in [0.05, 0.1) is 24.1 Å². The zero-order valence-corrected chi connectivity index (χ0v) is 13.5.